The highest BCUT2D eigenvalue weighted by molar-refractivity contribution is 8.01. The maximum absolute atomic E-state index is 4.69. The normalized spacial score (nSPS) is 11.3. The number of hydrogen-bond donors (Lipinski definition) is 0. The summed E-state index contributed by atoms with van der Waals surface area (Å²) in [7, 11) is 0. The van der Waals surface area contributed by atoms with E-state index < -0.39 is 0 Å². The molecule has 0 spiro atoms. The second kappa shape index (κ2) is 6.11. The van der Waals surface area contributed by atoms with E-state index in [1.54, 1.807) is 11.3 Å². The van der Waals surface area contributed by atoms with E-state index in [9.17, 15) is 0 Å². The van der Waals surface area contributed by atoms with Crippen molar-refractivity contribution >= 4 is 44.1 Å². The summed E-state index contributed by atoms with van der Waals surface area (Å²) in [4.78, 5) is 4.69. The first-order valence-electron chi connectivity index (χ1n) is 7.35. The van der Waals surface area contributed by atoms with E-state index >= 15 is 0 Å². The first-order valence-corrected chi connectivity index (χ1v) is 9.15. The fourth-order valence-electron chi connectivity index (χ4n) is 2.67. The Morgan fingerprint density at radius 2 is 1.68 bits per heavy atom. The molecule has 4 rings (SSSR count). The van der Waals surface area contributed by atoms with Crippen LogP contribution in [0, 0.1) is 0 Å². The molecule has 1 heterocycles. The Morgan fingerprint density at radius 1 is 0.864 bits per heavy atom. The maximum Gasteiger partial charge on any atom is 0.151 e. The summed E-state index contributed by atoms with van der Waals surface area (Å²) in [6, 6.07) is 23.5. The van der Waals surface area contributed by atoms with Crippen LogP contribution in [-0.2, 0) is 6.42 Å². The zero-order valence-electron chi connectivity index (χ0n) is 12.0. The van der Waals surface area contributed by atoms with Crippen molar-refractivity contribution < 1.29 is 0 Å². The second-order valence-electron chi connectivity index (χ2n) is 5.18. The highest BCUT2D eigenvalue weighted by Crippen LogP contribution is 2.30. The number of thiazole rings is 1. The molecule has 4 aromatic rings. The molecule has 22 heavy (non-hydrogen) atoms. The Kier molecular flexibility index (Phi) is 3.83. The predicted octanol–water partition coefficient (Wildman–Crippen LogP) is 5.78. The number of aromatic nitrogens is 1. The zero-order chi connectivity index (χ0) is 14.8. The van der Waals surface area contributed by atoms with E-state index in [1.165, 1.54) is 25.4 Å². The van der Waals surface area contributed by atoms with Crippen LogP contribution in [0.4, 0.5) is 0 Å². The molecule has 0 aliphatic carbocycles. The van der Waals surface area contributed by atoms with Gasteiger partial charge in [-0.15, -0.1) is 11.3 Å². The van der Waals surface area contributed by atoms with Crippen molar-refractivity contribution in [1.82, 2.24) is 4.98 Å². The van der Waals surface area contributed by atoms with Gasteiger partial charge >= 0.3 is 0 Å². The smallest absolute Gasteiger partial charge is 0.151 e. The van der Waals surface area contributed by atoms with Crippen molar-refractivity contribution in [3.05, 3.63) is 72.3 Å². The molecule has 0 radical (unpaired) electrons. The third-order valence-corrected chi connectivity index (χ3v) is 5.93. The molecule has 0 unspecified atom stereocenters. The van der Waals surface area contributed by atoms with Crippen LogP contribution in [0.15, 0.2) is 71.1 Å². The molecule has 108 valence electrons. The molecule has 3 aromatic carbocycles. The van der Waals surface area contributed by atoms with Crippen LogP contribution in [0.2, 0.25) is 0 Å². The number of nitrogens with zero attached hydrogens (tertiary/aromatic N) is 1. The van der Waals surface area contributed by atoms with E-state index in [0.717, 1.165) is 17.7 Å². The SMILES string of the molecule is c1ccc2c(CCSc3nc4ccccc4s3)cccc2c1. The lowest BCUT2D eigenvalue weighted by molar-refractivity contribution is 1.17. The van der Waals surface area contributed by atoms with E-state index in [0.29, 0.717) is 0 Å². The first-order chi connectivity index (χ1) is 10.9. The number of benzene rings is 3. The number of thioether (sulfide) groups is 1. The van der Waals surface area contributed by atoms with Crippen molar-refractivity contribution in [2.75, 3.05) is 5.75 Å². The average molecular weight is 321 g/mol. The minimum Gasteiger partial charge on any atom is -0.230 e. The van der Waals surface area contributed by atoms with Gasteiger partial charge in [-0.1, -0.05) is 66.4 Å². The highest BCUT2D eigenvalue weighted by atomic mass is 32.2. The van der Waals surface area contributed by atoms with Crippen LogP contribution in [-0.4, -0.2) is 10.7 Å². The van der Waals surface area contributed by atoms with Crippen molar-refractivity contribution in [3.63, 3.8) is 0 Å². The molecule has 0 aliphatic rings. The molecular formula is C19H15NS2. The maximum atomic E-state index is 4.69. The lowest BCUT2D eigenvalue weighted by Gasteiger charge is -2.05. The van der Waals surface area contributed by atoms with Gasteiger partial charge in [0.15, 0.2) is 4.34 Å². The fraction of sp³-hybridized carbons (Fsp3) is 0.105. The zero-order valence-corrected chi connectivity index (χ0v) is 13.7. The summed E-state index contributed by atoms with van der Waals surface area (Å²) in [5, 5.41) is 2.69. The summed E-state index contributed by atoms with van der Waals surface area (Å²) < 4.78 is 2.44. The lowest BCUT2D eigenvalue weighted by atomic mass is 10.0. The minimum atomic E-state index is 1.06. The quantitative estimate of drug-likeness (QED) is 0.442. The van der Waals surface area contributed by atoms with Crippen molar-refractivity contribution in [1.29, 1.82) is 0 Å². The molecule has 0 atom stereocenters. The lowest BCUT2D eigenvalue weighted by Crippen LogP contribution is -1.90. The van der Waals surface area contributed by atoms with Gasteiger partial charge in [-0.2, -0.15) is 0 Å². The molecule has 3 heteroatoms. The number of rotatable bonds is 4. The minimum absolute atomic E-state index is 1.06. The molecule has 1 aromatic heterocycles. The van der Waals surface area contributed by atoms with Gasteiger partial charge in [0.2, 0.25) is 0 Å². The number of para-hydroxylation sites is 1. The van der Waals surface area contributed by atoms with E-state index in [1.807, 2.05) is 17.8 Å². The molecule has 0 fully saturated rings. The van der Waals surface area contributed by atoms with Gasteiger partial charge in [0, 0.05) is 5.75 Å². The molecular weight excluding hydrogens is 306 g/mol. The highest BCUT2D eigenvalue weighted by Gasteiger charge is 2.05. The Balaban J connectivity index is 1.50. The van der Waals surface area contributed by atoms with Gasteiger partial charge in [-0.3, -0.25) is 0 Å². The monoisotopic (exact) mass is 321 g/mol. The van der Waals surface area contributed by atoms with E-state index in [2.05, 4.69) is 65.6 Å². The van der Waals surface area contributed by atoms with Gasteiger partial charge in [0.1, 0.15) is 0 Å². The van der Waals surface area contributed by atoms with Gasteiger partial charge in [-0.05, 0) is 34.9 Å². The molecule has 0 aliphatic heterocycles. The number of hydrogen-bond acceptors (Lipinski definition) is 3. The second-order valence-corrected chi connectivity index (χ2v) is 7.56. The largest absolute Gasteiger partial charge is 0.230 e. The Labute approximate surface area is 138 Å². The van der Waals surface area contributed by atoms with Crippen LogP contribution in [0.25, 0.3) is 21.0 Å². The van der Waals surface area contributed by atoms with Gasteiger partial charge in [0.05, 0.1) is 10.2 Å². The van der Waals surface area contributed by atoms with Crippen LogP contribution >= 0.6 is 23.1 Å². The van der Waals surface area contributed by atoms with E-state index in [-0.39, 0.29) is 0 Å². The summed E-state index contributed by atoms with van der Waals surface area (Å²) in [6.45, 7) is 0. The van der Waals surface area contributed by atoms with Crippen LogP contribution in [0.1, 0.15) is 5.56 Å². The number of fused-ring (bicyclic) bond motifs is 2. The van der Waals surface area contributed by atoms with Gasteiger partial charge in [-0.25, -0.2) is 4.98 Å². The number of aryl methyl sites for hydroxylation is 1. The van der Waals surface area contributed by atoms with Crippen LogP contribution in [0.5, 0.6) is 0 Å². The predicted molar refractivity (Wildman–Crippen MR) is 98.0 cm³/mol. The summed E-state index contributed by atoms with van der Waals surface area (Å²) in [6.07, 6.45) is 1.07. The Bertz CT molecular complexity index is 888. The van der Waals surface area contributed by atoms with Crippen molar-refractivity contribution in [2.45, 2.75) is 10.8 Å². The fourth-order valence-corrected chi connectivity index (χ4v) is 4.78. The summed E-state index contributed by atoms with van der Waals surface area (Å²) in [5.41, 5.74) is 2.53. The van der Waals surface area contributed by atoms with Crippen LogP contribution in [0.3, 0.4) is 0 Å². The van der Waals surface area contributed by atoms with Crippen LogP contribution < -0.4 is 0 Å². The average Bonchev–Trinajstić information content (AvgIpc) is 2.98. The molecule has 0 bridgehead atoms. The molecule has 0 saturated heterocycles. The third-order valence-electron chi connectivity index (χ3n) is 3.75. The van der Waals surface area contributed by atoms with Crippen molar-refractivity contribution in [3.8, 4) is 0 Å². The molecule has 0 saturated carbocycles. The van der Waals surface area contributed by atoms with Gasteiger partial charge < -0.3 is 0 Å². The van der Waals surface area contributed by atoms with Crippen molar-refractivity contribution in [2.24, 2.45) is 0 Å². The Hall–Kier alpha value is -1.84. The first kappa shape index (κ1) is 13.8. The molecule has 0 amide bonds. The summed E-state index contributed by atoms with van der Waals surface area (Å²) >= 11 is 3.64. The van der Waals surface area contributed by atoms with E-state index in [4.69, 9.17) is 0 Å². The Morgan fingerprint density at radius 3 is 2.64 bits per heavy atom. The topological polar surface area (TPSA) is 12.9 Å². The summed E-state index contributed by atoms with van der Waals surface area (Å²) in [5.74, 6) is 1.06. The standard InChI is InChI=1S/C19H15NS2/c1-2-9-16-14(6-1)7-5-8-15(16)12-13-21-19-20-17-10-3-4-11-18(17)22-19/h1-11H,12-13H2. The third kappa shape index (κ3) is 2.74. The van der Waals surface area contributed by atoms with Gasteiger partial charge in [0.25, 0.3) is 0 Å². The molecule has 0 N–H and O–H groups in total. The molecule has 1 nitrogen and oxygen atoms in total.